The van der Waals surface area contributed by atoms with E-state index in [1.165, 1.54) is 11.8 Å². The Morgan fingerprint density at radius 2 is 2.17 bits per heavy atom. The van der Waals surface area contributed by atoms with Crippen molar-refractivity contribution in [1.29, 1.82) is 5.26 Å². The fraction of sp³-hybridized carbons (Fsp3) is 0.0833. The quantitative estimate of drug-likeness (QED) is 0.438. The molecule has 90 valence electrons. The molecule has 0 spiro atoms. The van der Waals surface area contributed by atoms with Crippen LogP contribution in [0.15, 0.2) is 33.7 Å². The van der Waals surface area contributed by atoms with Crippen LogP contribution in [0.2, 0.25) is 0 Å². The molecule has 0 saturated carbocycles. The van der Waals surface area contributed by atoms with Crippen molar-refractivity contribution in [3.63, 3.8) is 0 Å². The van der Waals surface area contributed by atoms with Crippen LogP contribution in [-0.4, -0.2) is 11.2 Å². The molecule has 0 atom stereocenters. The zero-order valence-corrected chi connectivity index (χ0v) is 13.1. The molecule has 0 aliphatic heterocycles. The van der Waals surface area contributed by atoms with E-state index in [9.17, 15) is 0 Å². The van der Waals surface area contributed by atoms with E-state index in [1.54, 1.807) is 0 Å². The lowest BCUT2D eigenvalue weighted by Gasteiger charge is -2.05. The Morgan fingerprint density at radius 3 is 2.78 bits per heavy atom. The molecule has 1 aromatic carbocycles. The zero-order chi connectivity index (χ0) is 13.1. The van der Waals surface area contributed by atoms with E-state index < -0.39 is 0 Å². The van der Waals surface area contributed by atoms with Gasteiger partial charge in [0.15, 0.2) is 0 Å². The predicted molar refractivity (Wildman–Crippen MR) is 82.0 cm³/mol. The van der Waals surface area contributed by atoms with E-state index in [2.05, 4.69) is 27.6 Å². The van der Waals surface area contributed by atoms with Crippen LogP contribution in [0.3, 0.4) is 0 Å². The molecule has 1 heterocycles. The molecule has 2 aromatic rings. The first-order valence-corrected chi connectivity index (χ1v) is 7.62. The third-order valence-electron chi connectivity index (χ3n) is 2.22. The maximum Gasteiger partial charge on any atom is 0.230 e. The number of hydrogen-bond acceptors (Lipinski definition) is 5. The number of nitriles is 1. The Labute approximate surface area is 127 Å². The van der Waals surface area contributed by atoms with Gasteiger partial charge in [-0.05, 0) is 53.2 Å². The predicted octanol–water partition coefficient (Wildman–Crippen LogP) is 4.27. The molecule has 2 rings (SSSR count). The van der Waals surface area contributed by atoms with Gasteiger partial charge in [0.05, 0.1) is 5.56 Å². The summed E-state index contributed by atoms with van der Waals surface area (Å²) < 4.78 is 6.68. The molecular formula is C12H7IN2OS2. The normalized spacial score (nSPS) is 10.1. The minimum Gasteiger partial charge on any atom is -0.425 e. The van der Waals surface area contributed by atoms with Crippen LogP contribution in [0.5, 0.6) is 0 Å². The Balaban J connectivity index is 2.69. The van der Waals surface area contributed by atoms with Gasteiger partial charge in [-0.25, -0.2) is 4.98 Å². The summed E-state index contributed by atoms with van der Waals surface area (Å²) >= 11 is 8.69. The average molecular weight is 386 g/mol. The summed E-state index contributed by atoms with van der Waals surface area (Å²) in [6, 6.07) is 9.76. The van der Waals surface area contributed by atoms with E-state index >= 15 is 0 Å². The average Bonchev–Trinajstić information content (AvgIpc) is 2.38. The topological polar surface area (TPSA) is 49.8 Å². The number of thioether (sulfide) groups is 1. The van der Waals surface area contributed by atoms with Crippen LogP contribution in [0.25, 0.3) is 11.5 Å². The van der Waals surface area contributed by atoms with Gasteiger partial charge in [-0.15, -0.1) is 11.8 Å². The lowest BCUT2D eigenvalue weighted by molar-refractivity contribution is 0.517. The van der Waals surface area contributed by atoms with Crippen molar-refractivity contribution >= 4 is 46.6 Å². The molecule has 6 heteroatoms. The van der Waals surface area contributed by atoms with Crippen molar-refractivity contribution in [3.8, 4) is 17.5 Å². The van der Waals surface area contributed by atoms with E-state index in [0.717, 1.165) is 9.13 Å². The van der Waals surface area contributed by atoms with Crippen molar-refractivity contribution < 1.29 is 4.42 Å². The third kappa shape index (κ3) is 2.58. The first kappa shape index (κ1) is 13.5. The molecule has 0 aliphatic carbocycles. The second kappa shape index (κ2) is 5.82. The van der Waals surface area contributed by atoms with Gasteiger partial charge in [-0.3, -0.25) is 0 Å². The Bertz CT molecular complexity index is 691. The van der Waals surface area contributed by atoms with E-state index in [1.807, 2.05) is 36.6 Å². The van der Waals surface area contributed by atoms with Gasteiger partial charge in [0.1, 0.15) is 16.7 Å². The maximum absolute atomic E-state index is 9.01. The number of benzene rings is 1. The van der Waals surface area contributed by atoms with Crippen molar-refractivity contribution in [2.45, 2.75) is 5.03 Å². The van der Waals surface area contributed by atoms with Crippen LogP contribution in [-0.2, 0) is 0 Å². The van der Waals surface area contributed by atoms with Crippen LogP contribution in [0.1, 0.15) is 5.56 Å². The summed E-state index contributed by atoms with van der Waals surface area (Å²) in [6.07, 6.45) is 1.86. The van der Waals surface area contributed by atoms with Crippen molar-refractivity contribution in [3.05, 3.63) is 38.1 Å². The second-order valence-corrected chi connectivity index (χ2v) is 5.61. The highest BCUT2D eigenvalue weighted by Gasteiger charge is 2.13. The molecule has 0 radical (unpaired) electrons. The molecule has 0 N–H and O–H groups in total. The Morgan fingerprint density at radius 1 is 1.44 bits per heavy atom. The fourth-order valence-electron chi connectivity index (χ4n) is 1.39. The number of halogens is 1. The minimum absolute atomic E-state index is 0.187. The van der Waals surface area contributed by atoms with Gasteiger partial charge in [0.2, 0.25) is 10.6 Å². The lowest BCUT2D eigenvalue weighted by atomic mass is 10.2. The molecule has 0 bridgehead atoms. The zero-order valence-electron chi connectivity index (χ0n) is 9.31. The minimum atomic E-state index is 0.187. The third-order valence-corrected chi connectivity index (χ3v) is 4.13. The van der Waals surface area contributed by atoms with Gasteiger partial charge in [0, 0.05) is 3.57 Å². The van der Waals surface area contributed by atoms with E-state index in [4.69, 9.17) is 21.9 Å². The molecule has 1 aromatic heterocycles. The summed E-state index contributed by atoms with van der Waals surface area (Å²) in [5.41, 5.74) is 1.20. The molecule has 3 nitrogen and oxygen atoms in total. The monoisotopic (exact) mass is 386 g/mol. The molecule has 18 heavy (non-hydrogen) atoms. The number of rotatable bonds is 2. The van der Waals surface area contributed by atoms with Crippen molar-refractivity contribution in [2.24, 2.45) is 0 Å². The maximum atomic E-state index is 9.01. The molecule has 0 fully saturated rings. The fourth-order valence-corrected chi connectivity index (χ4v) is 2.81. The molecule has 0 unspecified atom stereocenters. The van der Waals surface area contributed by atoms with Gasteiger partial charge in [0.25, 0.3) is 0 Å². The highest BCUT2D eigenvalue weighted by molar-refractivity contribution is 14.1. The van der Waals surface area contributed by atoms with Crippen LogP contribution in [0.4, 0.5) is 0 Å². The lowest BCUT2D eigenvalue weighted by Crippen LogP contribution is -1.93. The second-order valence-electron chi connectivity index (χ2n) is 3.28. The van der Waals surface area contributed by atoms with Crippen molar-refractivity contribution in [2.75, 3.05) is 6.26 Å². The number of nitrogens with zero attached hydrogens (tertiary/aromatic N) is 2. The van der Waals surface area contributed by atoms with Gasteiger partial charge in [-0.1, -0.05) is 12.1 Å². The van der Waals surface area contributed by atoms with Gasteiger partial charge >= 0.3 is 0 Å². The first-order chi connectivity index (χ1) is 8.67. The highest BCUT2D eigenvalue weighted by atomic mass is 127. The Hall–Kier alpha value is -0.910. The largest absolute Gasteiger partial charge is 0.425 e. The smallest absolute Gasteiger partial charge is 0.230 e. The Kier molecular flexibility index (Phi) is 4.37. The number of aromatic nitrogens is 1. The van der Waals surface area contributed by atoms with Crippen molar-refractivity contribution in [1.82, 2.24) is 4.98 Å². The highest BCUT2D eigenvalue weighted by Crippen LogP contribution is 2.27. The van der Waals surface area contributed by atoms with Crippen LogP contribution < -0.4 is 0 Å². The van der Waals surface area contributed by atoms with Crippen LogP contribution in [0, 0.1) is 19.6 Å². The van der Waals surface area contributed by atoms with Gasteiger partial charge in [-0.2, -0.15) is 5.26 Å². The summed E-state index contributed by atoms with van der Waals surface area (Å²) in [4.78, 5) is 4.36. The summed E-state index contributed by atoms with van der Waals surface area (Å²) in [5, 5.41) is 9.62. The van der Waals surface area contributed by atoms with E-state index in [0.29, 0.717) is 16.5 Å². The summed E-state index contributed by atoms with van der Waals surface area (Å²) in [7, 11) is 0. The number of hydrogen-bond donors (Lipinski definition) is 0. The van der Waals surface area contributed by atoms with E-state index in [-0.39, 0.29) is 4.71 Å². The standard InChI is InChI=1S/C12H7IN2OS2/c1-18-11-8(6-14)12(17)16-10(15-11)7-4-2-3-5-9(7)13/h2-5H,1H3. The SMILES string of the molecule is CSc1nc(-c2ccccc2I)oc(=S)c1C#N. The summed E-state index contributed by atoms with van der Waals surface area (Å²) in [6.45, 7) is 0. The molecular weight excluding hydrogens is 379 g/mol. The first-order valence-electron chi connectivity index (χ1n) is 4.91. The molecule has 0 saturated heterocycles. The molecule has 0 amide bonds. The van der Waals surface area contributed by atoms with Gasteiger partial charge < -0.3 is 4.42 Å². The molecule has 0 aliphatic rings. The summed E-state index contributed by atoms with van der Waals surface area (Å²) in [5.74, 6) is 0.452. The van der Waals surface area contributed by atoms with Crippen LogP contribution >= 0.6 is 46.6 Å².